The normalized spacial score (nSPS) is 20.7. The van der Waals surface area contributed by atoms with Crippen LogP contribution >= 0.6 is 0 Å². The molecule has 0 amide bonds. The Morgan fingerprint density at radius 1 is 0.544 bits per heavy atom. The van der Waals surface area contributed by atoms with Crippen molar-refractivity contribution in [3.63, 3.8) is 0 Å². The molecule has 330 valence electrons. The summed E-state index contributed by atoms with van der Waals surface area (Å²) < 4.78 is 22.1. The quantitative estimate of drug-likeness (QED) is 0.0271. The Bertz CT molecular complexity index is 1070. The van der Waals surface area contributed by atoms with Crippen molar-refractivity contribution in [1.82, 2.24) is 0 Å². The van der Waals surface area contributed by atoms with Gasteiger partial charge in [-0.1, -0.05) is 140 Å². The van der Waals surface area contributed by atoms with Crippen LogP contribution in [0.1, 0.15) is 181 Å². The van der Waals surface area contributed by atoms with Gasteiger partial charge in [0, 0.05) is 12.8 Å². The number of aliphatic hydroxyl groups is 4. The van der Waals surface area contributed by atoms with E-state index >= 15 is 0 Å². The summed E-state index contributed by atoms with van der Waals surface area (Å²) in [5, 5.41) is 40.1. The van der Waals surface area contributed by atoms with Crippen LogP contribution in [0.5, 0.6) is 0 Å². The Morgan fingerprint density at radius 2 is 0.982 bits per heavy atom. The second-order valence-electron chi connectivity index (χ2n) is 15.5. The van der Waals surface area contributed by atoms with Crippen LogP contribution in [-0.2, 0) is 28.5 Å². The molecule has 4 N–H and O–H groups in total. The molecule has 1 aliphatic heterocycles. The number of esters is 2. The minimum Gasteiger partial charge on any atom is -0.462 e. The lowest BCUT2D eigenvalue weighted by Crippen LogP contribution is -2.59. The molecule has 0 aromatic carbocycles. The number of ether oxygens (including phenoxy) is 4. The molecule has 0 bridgehead atoms. The summed E-state index contributed by atoms with van der Waals surface area (Å²) in [4.78, 5) is 25.3. The van der Waals surface area contributed by atoms with Gasteiger partial charge >= 0.3 is 11.9 Å². The lowest BCUT2D eigenvalue weighted by molar-refractivity contribution is -0.305. The summed E-state index contributed by atoms with van der Waals surface area (Å²) in [6.07, 6.45) is 36.8. The molecule has 10 heteroatoms. The summed E-state index contributed by atoms with van der Waals surface area (Å²) >= 11 is 0. The maximum absolute atomic E-state index is 12.8. The molecule has 57 heavy (non-hydrogen) atoms. The molecule has 10 nitrogen and oxygen atoms in total. The Morgan fingerprint density at radius 3 is 1.54 bits per heavy atom. The second-order valence-corrected chi connectivity index (χ2v) is 15.5. The average molecular weight is 807 g/mol. The van der Waals surface area contributed by atoms with Crippen molar-refractivity contribution in [2.24, 2.45) is 0 Å². The highest BCUT2D eigenvalue weighted by atomic mass is 16.7. The van der Waals surface area contributed by atoms with Gasteiger partial charge in [-0.3, -0.25) is 9.59 Å². The van der Waals surface area contributed by atoms with Crippen molar-refractivity contribution in [2.75, 3.05) is 19.8 Å². The minimum absolute atomic E-state index is 0.200. The monoisotopic (exact) mass is 807 g/mol. The van der Waals surface area contributed by atoms with Crippen molar-refractivity contribution in [3.8, 4) is 0 Å². The first-order chi connectivity index (χ1) is 27.8. The Hall–Kier alpha value is -2.34. The first-order valence-electron chi connectivity index (χ1n) is 22.7. The smallest absolute Gasteiger partial charge is 0.306 e. The van der Waals surface area contributed by atoms with Crippen molar-refractivity contribution in [1.29, 1.82) is 0 Å². The van der Waals surface area contributed by atoms with Crippen molar-refractivity contribution in [2.45, 2.75) is 218 Å². The number of hydrogen-bond acceptors (Lipinski definition) is 10. The van der Waals surface area contributed by atoms with Gasteiger partial charge in [0.1, 0.15) is 31.0 Å². The molecule has 0 spiro atoms. The maximum atomic E-state index is 12.8. The van der Waals surface area contributed by atoms with Gasteiger partial charge in [-0.05, 0) is 77.0 Å². The van der Waals surface area contributed by atoms with Crippen LogP contribution in [-0.4, -0.2) is 89.0 Å². The van der Waals surface area contributed by atoms with Gasteiger partial charge in [0.05, 0.1) is 13.2 Å². The summed E-state index contributed by atoms with van der Waals surface area (Å²) in [7, 11) is 0. The van der Waals surface area contributed by atoms with E-state index in [0.717, 1.165) is 64.2 Å². The summed E-state index contributed by atoms with van der Waals surface area (Å²) in [5.41, 5.74) is 0. The number of unbranched alkanes of at least 4 members (excludes halogenated alkanes) is 18. The van der Waals surface area contributed by atoms with Gasteiger partial charge in [0.15, 0.2) is 12.4 Å². The zero-order valence-electron chi connectivity index (χ0n) is 35.8. The fraction of sp³-hybridized carbons (Fsp3) is 0.787. The van der Waals surface area contributed by atoms with E-state index in [-0.39, 0.29) is 26.1 Å². The fourth-order valence-corrected chi connectivity index (χ4v) is 6.54. The number of rotatable bonds is 37. The summed E-state index contributed by atoms with van der Waals surface area (Å²) in [5.74, 6) is -0.851. The number of hydrogen-bond donors (Lipinski definition) is 4. The molecule has 0 aromatic rings. The van der Waals surface area contributed by atoms with E-state index in [1.54, 1.807) is 0 Å². The van der Waals surface area contributed by atoms with Crippen molar-refractivity contribution in [3.05, 3.63) is 48.6 Å². The first-order valence-corrected chi connectivity index (χ1v) is 22.7. The van der Waals surface area contributed by atoms with Gasteiger partial charge in [0.25, 0.3) is 0 Å². The van der Waals surface area contributed by atoms with Gasteiger partial charge in [-0.2, -0.15) is 0 Å². The lowest BCUT2D eigenvalue weighted by atomic mass is 9.99. The van der Waals surface area contributed by atoms with E-state index < -0.39 is 55.4 Å². The van der Waals surface area contributed by atoms with Crippen LogP contribution in [0.3, 0.4) is 0 Å². The van der Waals surface area contributed by atoms with E-state index in [0.29, 0.717) is 12.8 Å². The zero-order valence-corrected chi connectivity index (χ0v) is 35.8. The van der Waals surface area contributed by atoms with Crippen molar-refractivity contribution >= 4 is 11.9 Å². The molecule has 1 heterocycles. The highest BCUT2D eigenvalue weighted by molar-refractivity contribution is 5.70. The SMILES string of the molecule is CCCCC/C=C/C/C=C/C/C=C/CCCCCCC(=O)O[C@H](COC(=O)CCCCC/C=C/CCCCCCCCCC)CO[C@@H]1O[C@H](CO)[C@H](O)C(O)C1O. The Labute approximate surface area is 346 Å². The van der Waals surface area contributed by atoms with E-state index in [4.69, 9.17) is 18.9 Å². The Kier molecular flexibility index (Phi) is 35.0. The van der Waals surface area contributed by atoms with Crippen molar-refractivity contribution < 1.29 is 49.0 Å². The number of aliphatic hydroxyl groups excluding tert-OH is 4. The molecule has 1 fully saturated rings. The third-order valence-electron chi connectivity index (χ3n) is 10.2. The maximum Gasteiger partial charge on any atom is 0.306 e. The van der Waals surface area contributed by atoms with E-state index in [1.165, 1.54) is 77.0 Å². The van der Waals surface area contributed by atoms with Gasteiger partial charge in [-0.15, -0.1) is 0 Å². The molecule has 0 aromatic heterocycles. The highest BCUT2D eigenvalue weighted by Gasteiger charge is 2.44. The topological polar surface area (TPSA) is 152 Å². The highest BCUT2D eigenvalue weighted by Crippen LogP contribution is 2.22. The summed E-state index contributed by atoms with van der Waals surface area (Å²) in [6.45, 7) is 3.35. The zero-order chi connectivity index (χ0) is 41.6. The van der Waals surface area contributed by atoms with Crippen LogP contribution in [0.2, 0.25) is 0 Å². The number of carbonyl (C=O) groups excluding carboxylic acids is 2. The molecule has 6 atom stereocenters. The third kappa shape index (κ3) is 29.5. The van der Waals surface area contributed by atoms with Gasteiger partial charge in [-0.25, -0.2) is 0 Å². The molecule has 0 radical (unpaired) electrons. The van der Waals surface area contributed by atoms with Crippen LogP contribution in [0.4, 0.5) is 0 Å². The molecule has 1 aliphatic rings. The van der Waals surface area contributed by atoms with E-state index in [9.17, 15) is 30.0 Å². The summed E-state index contributed by atoms with van der Waals surface area (Å²) in [6, 6.07) is 0. The van der Waals surface area contributed by atoms with Gasteiger partial charge < -0.3 is 39.4 Å². The van der Waals surface area contributed by atoms with Crippen LogP contribution in [0.25, 0.3) is 0 Å². The number of carbonyl (C=O) groups is 2. The largest absolute Gasteiger partial charge is 0.462 e. The average Bonchev–Trinajstić information content (AvgIpc) is 3.21. The molecule has 2 unspecified atom stereocenters. The predicted molar refractivity (Wildman–Crippen MR) is 229 cm³/mol. The molecular formula is C47H82O10. The van der Waals surface area contributed by atoms with Crippen LogP contribution < -0.4 is 0 Å². The Balaban J connectivity index is 2.36. The fourth-order valence-electron chi connectivity index (χ4n) is 6.54. The van der Waals surface area contributed by atoms with E-state index in [2.05, 4.69) is 62.5 Å². The molecule has 1 saturated heterocycles. The standard InChI is InChI=1S/C47H82O10/c1-3-5-7-9-11-13-15-17-19-20-22-24-26-28-30-32-34-36-43(50)56-40(39-55-47-46(53)45(52)44(51)41(37-48)57-47)38-54-42(49)35-33-31-29-27-25-23-21-18-16-14-12-10-8-6-4-2/h11,13,17,19,22-25,40-41,44-48,51-53H,3-10,12,14-16,18,20-21,26-39H2,1-2H3/b13-11+,19-17+,24-22+,25-23+/t40-,41-,44+,45?,46?,47-/m1/s1. The third-order valence-corrected chi connectivity index (χ3v) is 10.2. The first kappa shape index (κ1) is 52.7. The molecule has 0 saturated carbocycles. The van der Waals surface area contributed by atoms with E-state index in [1.807, 2.05) is 0 Å². The lowest BCUT2D eigenvalue weighted by Gasteiger charge is -2.39. The molecular weight excluding hydrogens is 725 g/mol. The van der Waals surface area contributed by atoms with Gasteiger partial charge in [0.2, 0.25) is 0 Å². The predicted octanol–water partition coefficient (Wildman–Crippen LogP) is 9.67. The second kappa shape index (κ2) is 37.9. The minimum atomic E-state index is -1.60. The molecule has 0 aliphatic carbocycles. The van der Waals surface area contributed by atoms with Crippen LogP contribution in [0, 0.1) is 0 Å². The molecule has 1 rings (SSSR count). The number of allylic oxidation sites excluding steroid dienone is 8. The van der Waals surface area contributed by atoms with Crippen LogP contribution in [0.15, 0.2) is 48.6 Å².